The van der Waals surface area contributed by atoms with Crippen LogP contribution in [0.5, 0.6) is 0 Å². The van der Waals surface area contributed by atoms with Gasteiger partial charge in [-0.25, -0.2) is 0 Å². The molecule has 0 aliphatic heterocycles. The second-order valence-corrected chi connectivity index (χ2v) is 10.9. The van der Waals surface area contributed by atoms with E-state index in [1.165, 1.54) is 18.2 Å². The number of hydrogen-bond donors (Lipinski definition) is 3. The van der Waals surface area contributed by atoms with Crippen molar-refractivity contribution in [2.75, 3.05) is 17.2 Å². The third-order valence-corrected chi connectivity index (χ3v) is 7.40. The van der Waals surface area contributed by atoms with E-state index in [1.807, 2.05) is 18.2 Å². The number of hydrogen-bond acceptors (Lipinski definition) is 9. The van der Waals surface area contributed by atoms with Gasteiger partial charge < -0.3 is 46.9 Å². The van der Waals surface area contributed by atoms with Crippen molar-refractivity contribution in [2.45, 2.75) is 97.8 Å². The van der Waals surface area contributed by atoms with Crippen molar-refractivity contribution in [3.05, 3.63) is 88.0 Å². The van der Waals surface area contributed by atoms with E-state index in [0.29, 0.717) is 17.1 Å². The van der Waals surface area contributed by atoms with Crippen LogP contribution in [0.4, 0.5) is 17.1 Å². The first-order valence-corrected chi connectivity index (χ1v) is 15.8. The van der Waals surface area contributed by atoms with Crippen molar-refractivity contribution in [2.24, 2.45) is 0 Å². The number of carbonyl (C=O) groups excluding carboxylic acids is 3. The van der Waals surface area contributed by atoms with E-state index in [9.17, 15) is 29.7 Å². The molecule has 1 radical (unpaired) electrons. The molecule has 9 nitrogen and oxygen atoms in total. The van der Waals surface area contributed by atoms with Crippen LogP contribution in [0.1, 0.15) is 126 Å². The second-order valence-electron chi connectivity index (χ2n) is 10.9. The van der Waals surface area contributed by atoms with Gasteiger partial charge in [0.15, 0.2) is 0 Å². The fourth-order valence-corrected chi connectivity index (χ4v) is 4.72. The molecule has 3 rings (SSSR count). The minimum Gasteiger partial charge on any atom is -0.545 e. The smallest absolute Gasteiger partial charge is 0.545 e. The summed E-state index contributed by atoms with van der Waals surface area (Å²) in [6, 6.07) is 15.2. The zero-order valence-electron chi connectivity index (χ0n) is 27.3. The van der Waals surface area contributed by atoms with Gasteiger partial charge in [-0.15, -0.1) is 0 Å². The number of unbranched alkanes of at least 4 members (excludes halogenated alkanes) is 6. The van der Waals surface area contributed by atoms with Crippen LogP contribution in [0.3, 0.4) is 0 Å². The average Bonchev–Trinajstić information content (AvgIpc) is 3.00. The number of carboxylic acids is 3. The van der Waals surface area contributed by atoms with Crippen LogP contribution < -0.4 is 32.5 Å². The number of nitrogen functional groups attached to an aromatic ring is 3. The predicted molar refractivity (Wildman–Crippen MR) is 175 cm³/mol. The fraction of sp³-hybridized carbons (Fsp3) is 0.417. The molecule has 0 bridgehead atoms. The Labute approximate surface area is 284 Å². The van der Waals surface area contributed by atoms with Gasteiger partial charge >= 0.3 is 17.4 Å². The number of aryl methyl sites for hydroxylation is 3. The van der Waals surface area contributed by atoms with Gasteiger partial charge in [0, 0.05) is 33.8 Å². The quantitative estimate of drug-likeness (QED) is 0.157. The molecule has 0 saturated heterocycles. The fourth-order valence-electron chi connectivity index (χ4n) is 4.72. The maximum atomic E-state index is 10.7. The van der Waals surface area contributed by atoms with Gasteiger partial charge in [-0.2, -0.15) is 0 Å². The van der Waals surface area contributed by atoms with Crippen molar-refractivity contribution in [3.63, 3.8) is 0 Å². The molecule has 0 spiro atoms. The monoisotopic (exact) mass is 670 g/mol. The van der Waals surface area contributed by atoms with Crippen LogP contribution in [0.15, 0.2) is 54.6 Å². The molecule has 3 aromatic carbocycles. The van der Waals surface area contributed by atoms with Gasteiger partial charge in [0.05, 0.1) is 17.9 Å². The van der Waals surface area contributed by atoms with E-state index >= 15 is 0 Å². The number of anilines is 3. The van der Waals surface area contributed by atoms with E-state index < -0.39 is 17.9 Å². The topological polar surface area (TPSA) is 198 Å². The molecule has 6 N–H and O–H groups in total. The van der Waals surface area contributed by atoms with Gasteiger partial charge in [-0.1, -0.05) is 114 Å². The Kier molecular flexibility index (Phi) is 21.3. The Balaban J connectivity index is 0.000000653. The van der Waals surface area contributed by atoms with Gasteiger partial charge in [0.25, 0.3) is 0 Å². The Morgan fingerprint density at radius 3 is 0.913 bits per heavy atom. The summed E-state index contributed by atoms with van der Waals surface area (Å²) >= 11 is 0. The number of rotatable bonds is 15. The summed E-state index contributed by atoms with van der Waals surface area (Å²) in [5, 5.41) is 32.1. The second kappa shape index (κ2) is 23.4. The molecule has 0 saturated carbocycles. The summed E-state index contributed by atoms with van der Waals surface area (Å²) in [5.74, 6) is -3.61. The van der Waals surface area contributed by atoms with Gasteiger partial charge in [0.2, 0.25) is 0 Å². The van der Waals surface area contributed by atoms with Crippen LogP contribution in [-0.2, 0) is 36.6 Å². The Hall–Kier alpha value is -4.00. The first kappa shape index (κ1) is 42.0. The molecular formula is C36H48CrN3O6. The first-order chi connectivity index (χ1) is 21.5. The number of carbonyl (C=O) groups is 3. The molecule has 0 aliphatic carbocycles. The van der Waals surface area contributed by atoms with Crippen LogP contribution >= 0.6 is 0 Å². The largest absolute Gasteiger partial charge is 3.00 e. The van der Waals surface area contributed by atoms with Crippen LogP contribution in [0.2, 0.25) is 0 Å². The molecule has 0 fully saturated rings. The summed E-state index contributed by atoms with van der Waals surface area (Å²) in [5.41, 5.74) is 21.3. The Morgan fingerprint density at radius 1 is 0.478 bits per heavy atom. The standard InChI is InChI=1S/3C12H17NO2.Cr/c3*1-2-3-4-6-9-7-5-8-10(11(9)13)12(14)15;/h3*5,7-8H,2-4,6,13H2,1H3,(H,14,15);/q;;;+3/p-3. The third-order valence-electron chi connectivity index (χ3n) is 7.40. The number of benzene rings is 3. The SMILES string of the molecule is CCCCCc1cccc(C(=O)[O-])c1N.CCCCCc1cccc(C(=O)[O-])c1N.CCCCCc1cccc(C(=O)[O-])c1N.[Cr+3]. The van der Waals surface area contributed by atoms with Crippen molar-refractivity contribution in [1.29, 1.82) is 0 Å². The molecule has 249 valence electrons. The van der Waals surface area contributed by atoms with Crippen molar-refractivity contribution < 1.29 is 47.1 Å². The molecule has 0 amide bonds. The molecule has 46 heavy (non-hydrogen) atoms. The summed E-state index contributed by atoms with van der Waals surface area (Å²) in [7, 11) is 0. The Morgan fingerprint density at radius 2 is 0.717 bits per heavy atom. The molecule has 0 heterocycles. The molecule has 10 heteroatoms. The number of para-hydroxylation sites is 3. The summed E-state index contributed by atoms with van der Waals surface area (Å²) in [4.78, 5) is 32.1. The maximum absolute atomic E-state index is 10.7. The number of aromatic carboxylic acids is 3. The first-order valence-electron chi connectivity index (χ1n) is 15.8. The van der Waals surface area contributed by atoms with E-state index in [1.54, 1.807) is 18.2 Å². The molecule has 0 aromatic heterocycles. The molecule has 0 aliphatic rings. The summed E-state index contributed by atoms with van der Waals surface area (Å²) in [6.45, 7) is 6.38. The average molecular weight is 671 g/mol. The predicted octanol–water partition coefficient (Wildman–Crippen LogP) is 4.09. The maximum Gasteiger partial charge on any atom is 3.00 e. The van der Waals surface area contributed by atoms with Gasteiger partial charge in [-0.3, -0.25) is 0 Å². The van der Waals surface area contributed by atoms with Crippen LogP contribution in [0.25, 0.3) is 0 Å². The van der Waals surface area contributed by atoms with Crippen LogP contribution in [-0.4, -0.2) is 17.9 Å². The molecule has 3 aromatic rings. The third kappa shape index (κ3) is 14.4. The van der Waals surface area contributed by atoms with Crippen molar-refractivity contribution >= 4 is 35.0 Å². The van der Waals surface area contributed by atoms with E-state index in [0.717, 1.165) is 93.7 Å². The summed E-state index contributed by atoms with van der Waals surface area (Å²) < 4.78 is 0. The molecular weight excluding hydrogens is 622 g/mol. The number of carboxylic acid groups (broad SMARTS) is 3. The van der Waals surface area contributed by atoms with E-state index in [-0.39, 0.29) is 34.1 Å². The van der Waals surface area contributed by atoms with Crippen LogP contribution in [0, 0.1) is 0 Å². The molecule has 0 atom stereocenters. The van der Waals surface area contributed by atoms with Crippen molar-refractivity contribution in [3.8, 4) is 0 Å². The zero-order valence-corrected chi connectivity index (χ0v) is 28.5. The Bertz CT molecular complexity index is 1210. The minimum absolute atomic E-state index is 0. The zero-order chi connectivity index (χ0) is 33.8. The van der Waals surface area contributed by atoms with Gasteiger partial charge in [0.1, 0.15) is 0 Å². The number of nitrogens with two attached hydrogens (primary N) is 3. The van der Waals surface area contributed by atoms with Crippen molar-refractivity contribution in [1.82, 2.24) is 0 Å². The normalized spacial score (nSPS) is 9.98. The summed E-state index contributed by atoms with van der Waals surface area (Å²) in [6.07, 6.45) is 12.4. The molecule has 0 unspecified atom stereocenters. The van der Waals surface area contributed by atoms with Gasteiger partial charge in [-0.05, 0) is 55.2 Å². The minimum atomic E-state index is -1.20. The van der Waals surface area contributed by atoms with E-state index in [4.69, 9.17) is 17.2 Å². The van der Waals surface area contributed by atoms with E-state index in [2.05, 4.69) is 20.8 Å².